The van der Waals surface area contributed by atoms with Crippen LogP contribution in [0.5, 0.6) is 5.75 Å². The van der Waals surface area contributed by atoms with E-state index in [1.165, 1.54) is 0 Å². The lowest BCUT2D eigenvalue weighted by Gasteiger charge is -2.34. The molecule has 1 unspecified atom stereocenters. The molecule has 0 radical (unpaired) electrons. The van der Waals surface area contributed by atoms with E-state index in [9.17, 15) is 0 Å². The third kappa shape index (κ3) is 1.41. The van der Waals surface area contributed by atoms with Crippen molar-refractivity contribution < 1.29 is 4.74 Å². The maximum atomic E-state index is 5.96. The van der Waals surface area contributed by atoms with Crippen LogP contribution in [0.3, 0.4) is 0 Å². The molecule has 4 N–H and O–H groups in total. The van der Waals surface area contributed by atoms with Gasteiger partial charge in [-0.25, -0.2) is 5.84 Å². The number of anilines is 1. The van der Waals surface area contributed by atoms with Crippen molar-refractivity contribution in [2.75, 3.05) is 18.2 Å². The van der Waals surface area contributed by atoms with Gasteiger partial charge >= 0.3 is 0 Å². The van der Waals surface area contributed by atoms with Crippen LogP contribution in [0.4, 0.5) is 5.69 Å². The van der Waals surface area contributed by atoms with E-state index in [0.717, 1.165) is 5.69 Å². The molecule has 1 atom stereocenters. The van der Waals surface area contributed by atoms with Crippen LogP contribution in [0.15, 0.2) is 18.2 Å². The number of fused-ring (bicyclic) bond motifs is 1. The number of hydrazine groups is 1. The second kappa shape index (κ2) is 3.65. The van der Waals surface area contributed by atoms with Crippen molar-refractivity contribution in [2.24, 2.45) is 11.6 Å². The Balaban J connectivity index is 2.41. The van der Waals surface area contributed by atoms with Crippen LogP contribution in [-0.4, -0.2) is 19.2 Å². The lowest BCUT2D eigenvalue weighted by Crippen LogP contribution is -2.51. The van der Waals surface area contributed by atoms with Gasteiger partial charge in [-0.3, -0.25) is 5.01 Å². The van der Waals surface area contributed by atoms with Crippen LogP contribution < -0.4 is 21.3 Å². The molecule has 1 heterocycles. The minimum atomic E-state index is 0.0148. The first-order valence-corrected chi connectivity index (χ1v) is 4.77. The van der Waals surface area contributed by atoms with Gasteiger partial charge in [-0.1, -0.05) is 17.7 Å². The second-order valence-corrected chi connectivity index (χ2v) is 3.60. The molecule has 2 rings (SSSR count). The van der Waals surface area contributed by atoms with Gasteiger partial charge in [0, 0.05) is 6.54 Å². The lowest BCUT2D eigenvalue weighted by molar-refractivity contribution is 0.265. The van der Waals surface area contributed by atoms with Crippen molar-refractivity contribution >= 4 is 17.3 Å². The molecule has 14 heavy (non-hydrogen) atoms. The molecule has 5 heteroatoms. The highest BCUT2D eigenvalue weighted by Gasteiger charge is 2.25. The van der Waals surface area contributed by atoms with Crippen LogP contribution in [0.2, 0.25) is 5.02 Å². The van der Waals surface area contributed by atoms with Crippen LogP contribution in [0.1, 0.15) is 0 Å². The molecule has 0 spiro atoms. The van der Waals surface area contributed by atoms with Gasteiger partial charge in [-0.15, -0.1) is 0 Å². The van der Waals surface area contributed by atoms with Crippen molar-refractivity contribution in [1.82, 2.24) is 0 Å². The molecule has 0 aliphatic carbocycles. The maximum Gasteiger partial charge on any atom is 0.162 e. The summed E-state index contributed by atoms with van der Waals surface area (Å²) in [6, 6.07) is 5.49. The number of ether oxygens (including phenoxy) is 1. The summed E-state index contributed by atoms with van der Waals surface area (Å²) in [5, 5.41) is 2.19. The molecular formula is C9H12ClN3O. The van der Waals surface area contributed by atoms with E-state index in [-0.39, 0.29) is 6.04 Å². The van der Waals surface area contributed by atoms with E-state index < -0.39 is 0 Å². The standard InChI is InChI=1S/C9H12ClN3O/c10-7-2-1-3-8-9(7)14-5-6(4-11)13(8)12/h1-3,6H,4-5,11-12H2. The Hall–Kier alpha value is -0.970. The molecule has 1 aliphatic rings. The van der Waals surface area contributed by atoms with Gasteiger partial charge in [0.25, 0.3) is 0 Å². The Morgan fingerprint density at radius 1 is 1.57 bits per heavy atom. The van der Waals surface area contributed by atoms with E-state index in [4.69, 9.17) is 27.9 Å². The molecule has 1 aromatic rings. The molecule has 0 fully saturated rings. The maximum absolute atomic E-state index is 5.96. The van der Waals surface area contributed by atoms with E-state index in [1.807, 2.05) is 12.1 Å². The number of halogens is 1. The zero-order valence-corrected chi connectivity index (χ0v) is 8.37. The van der Waals surface area contributed by atoms with Crippen LogP contribution >= 0.6 is 11.6 Å². The summed E-state index contributed by atoms with van der Waals surface area (Å²) >= 11 is 5.96. The van der Waals surface area contributed by atoms with E-state index in [1.54, 1.807) is 11.1 Å². The molecule has 76 valence electrons. The van der Waals surface area contributed by atoms with Gasteiger partial charge in [0.05, 0.1) is 16.8 Å². The molecule has 0 saturated heterocycles. The molecule has 1 aromatic carbocycles. The largest absolute Gasteiger partial charge is 0.488 e. The number of nitrogens with zero attached hydrogens (tertiary/aromatic N) is 1. The zero-order chi connectivity index (χ0) is 10.1. The highest BCUT2D eigenvalue weighted by Crippen LogP contribution is 2.37. The highest BCUT2D eigenvalue weighted by atomic mass is 35.5. The number of hydrogen-bond donors (Lipinski definition) is 2. The van der Waals surface area contributed by atoms with Gasteiger partial charge in [0.15, 0.2) is 5.75 Å². The topological polar surface area (TPSA) is 64.5 Å². The fraction of sp³-hybridized carbons (Fsp3) is 0.333. The zero-order valence-electron chi connectivity index (χ0n) is 7.61. The summed E-state index contributed by atoms with van der Waals surface area (Å²) in [5.74, 6) is 6.52. The number of benzene rings is 1. The summed E-state index contributed by atoms with van der Waals surface area (Å²) in [4.78, 5) is 0. The van der Waals surface area contributed by atoms with Crippen molar-refractivity contribution in [1.29, 1.82) is 0 Å². The van der Waals surface area contributed by atoms with E-state index >= 15 is 0 Å². The Morgan fingerprint density at radius 3 is 3.07 bits per heavy atom. The van der Waals surface area contributed by atoms with Gasteiger partial charge in [0.2, 0.25) is 0 Å². The SMILES string of the molecule is NCC1COc2c(Cl)cccc2N1N. The smallest absolute Gasteiger partial charge is 0.162 e. The molecule has 4 nitrogen and oxygen atoms in total. The Kier molecular flexibility index (Phi) is 2.50. The molecule has 0 saturated carbocycles. The Bertz CT molecular complexity index is 345. The first-order chi connectivity index (χ1) is 6.74. The summed E-state index contributed by atoms with van der Waals surface area (Å²) < 4.78 is 5.49. The Labute approximate surface area is 87.3 Å². The fourth-order valence-corrected chi connectivity index (χ4v) is 1.71. The van der Waals surface area contributed by atoms with Gasteiger partial charge < -0.3 is 10.5 Å². The quantitative estimate of drug-likeness (QED) is 0.676. The minimum Gasteiger partial charge on any atom is -0.488 e. The molecule has 0 aromatic heterocycles. The molecule has 0 amide bonds. The fourth-order valence-electron chi connectivity index (χ4n) is 1.48. The van der Waals surface area contributed by atoms with Crippen molar-refractivity contribution in [2.45, 2.75) is 6.04 Å². The van der Waals surface area contributed by atoms with Crippen molar-refractivity contribution in [3.05, 3.63) is 23.2 Å². The summed E-state index contributed by atoms with van der Waals surface area (Å²) in [6.07, 6.45) is 0. The average molecular weight is 214 g/mol. The van der Waals surface area contributed by atoms with Crippen molar-refractivity contribution in [3.63, 3.8) is 0 Å². The summed E-state index contributed by atoms with van der Waals surface area (Å²) in [5.41, 5.74) is 6.35. The first-order valence-electron chi connectivity index (χ1n) is 4.39. The predicted molar refractivity (Wildman–Crippen MR) is 56.5 cm³/mol. The minimum absolute atomic E-state index is 0.0148. The predicted octanol–water partition coefficient (Wildman–Crippen LogP) is 0.740. The van der Waals surface area contributed by atoms with E-state index in [0.29, 0.717) is 23.9 Å². The highest BCUT2D eigenvalue weighted by molar-refractivity contribution is 6.32. The van der Waals surface area contributed by atoms with Gasteiger partial charge in [0.1, 0.15) is 6.61 Å². The van der Waals surface area contributed by atoms with Crippen LogP contribution in [0, 0.1) is 0 Å². The van der Waals surface area contributed by atoms with Crippen molar-refractivity contribution in [3.8, 4) is 5.75 Å². The monoisotopic (exact) mass is 213 g/mol. The summed E-state index contributed by atoms with van der Waals surface area (Å²) in [7, 11) is 0. The third-order valence-electron chi connectivity index (χ3n) is 2.31. The normalized spacial score (nSPS) is 20.2. The number of nitrogens with two attached hydrogens (primary N) is 2. The van der Waals surface area contributed by atoms with Gasteiger partial charge in [-0.2, -0.15) is 0 Å². The lowest BCUT2D eigenvalue weighted by atomic mass is 10.2. The third-order valence-corrected chi connectivity index (χ3v) is 2.61. The van der Waals surface area contributed by atoms with Crippen LogP contribution in [0.25, 0.3) is 0 Å². The van der Waals surface area contributed by atoms with Crippen LogP contribution in [-0.2, 0) is 0 Å². The second-order valence-electron chi connectivity index (χ2n) is 3.20. The Morgan fingerprint density at radius 2 is 2.36 bits per heavy atom. The van der Waals surface area contributed by atoms with Gasteiger partial charge in [-0.05, 0) is 12.1 Å². The first kappa shape index (κ1) is 9.58. The number of para-hydroxylation sites is 1. The number of rotatable bonds is 1. The molecule has 1 aliphatic heterocycles. The van der Waals surface area contributed by atoms with E-state index in [2.05, 4.69) is 0 Å². The molecular weight excluding hydrogens is 202 g/mol. The average Bonchev–Trinajstić information content (AvgIpc) is 2.20. The summed E-state index contributed by atoms with van der Waals surface area (Å²) in [6.45, 7) is 0.937. The molecule has 0 bridgehead atoms. The number of hydrogen-bond acceptors (Lipinski definition) is 4.